The Morgan fingerprint density at radius 2 is 1.88 bits per heavy atom. The Hall–Kier alpha value is -2.56. The van der Waals surface area contributed by atoms with E-state index in [2.05, 4.69) is 63.8 Å². The molecule has 3 nitrogen and oxygen atoms in total. The van der Waals surface area contributed by atoms with E-state index in [1.54, 1.807) is 6.08 Å². The third kappa shape index (κ3) is 4.10. The topological polar surface area (TPSA) is 37.4 Å². The van der Waals surface area contributed by atoms with Crippen LogP contribution in [0.3, 0.4) is 0 Å². The van der Waals surface area contributed by atoms with E-state index in [0.29, 0.717) is 0 Å². The molecule has 0 saturated heterocycles. The van der Waals surface area contributed by atoms with E-state index < -0.39 is 8.32 Å². The third-order valence-corrected chi connectivity index (χ3v) is 9.17. The molecular weight excluding hydrogens is 324 g/mol. The molecule has 4 heteroatoms. The van der Waals surface area contributed by atoms with E-state index in [0.717, 1.165) is 22.1 Å². The summed E-state index contributed by atoms with van der Waals surface area (Å²) in [6.07, 6.45) is 1.62. The van der Waals surface area contributed by atoms with Crippen molar-refractivity contribution in [2.24, 2.45) is 0 Å². The standard InChI is InChI=1S/C21H24N2OSi/c1-15-8-9-16-11-18(12-19(14-22)23-5)20(13-17(16)10-15)24-25(6,7)21(2,3)4/h8-13H,1-4,6-7H3/b19-12-. The first kappa shape index (κ1) is 18.8. The summed E-state index contributed by atoms with van der Waals surface area (Å²) in [6.45, 7) is 20.2. The summed E-state index contributed by atoms with van der Waals surface area (Å²) < 4.78 is 6.52. The van der Waals surface area contributed by atoms with E-state index >= 15 is 0 Å². The molecule has 0 aliphatic heterocycles. The van der Waals surface area contributed by atoms with Gasteiger partial charge in [-0.05, 0) is 54.0 Å². The van der Waals surface area contributed by atoms with Crippen LogP contribution in [0.4, 0.5) is 0 Å². The first-order valence-corrected chi connectivity index (χ1v) is 11.2. The lowest BCUT2D eigenvalue weighted by atomic mass is 10.0. The van der Waals surface area contributed by atoms with Gasteiger partial charge < -0.3 is 4.43 Å². The molecule has 0 radical (unpaired) electrons. The zero-order valence-electron chi connectivity index (χ0n) is 15.8. The quantitative estimate of drug-likeness (QED) is 0.370. The maximum Gasteiger partial charge on any atom is 0.262 e. The van der Waals surface area contributed by atoms with E-state index in [9.17, 15) is 0 Å². The number of hydrogen-bond donors (Lipinski definition) is 0. The number of allylic oxidation sites excluding steroid dienone is 1. The van der Waals surface area contributed by atoms with Crippen LogP contribution in [0.15, 0.2) is 36.0 Å². The van der Waals surface area contributed by atoms with E-state index in [4.69, 9.17) is 16.3 Å². The van der Waals surface area contributed by atoms with Crippen molar-refractivity contribution in [3.8, 4) is 11.8 Å². The fourth-order valence-corrected chi connectivity index (χ4v) is 3.31. The average molecular weight is 349 g/mol. The van der Waals surface area contributed by atoms with Crippen LogP contribution in [-0.4, -0.2) is 8.32 Å². The van der Waals surface area contributed by atoms with Crippen LogP contribution in [0.5, 0.6) is 5.75 Å². The van der Waals surface area contributed by atoms with Crippen molar-refractivity contribution in [1.29, 1.82) is 5.26 Å². The molecule has 0 spiro atoms. The Morgan fingerprint density at radius 3 is 2.44 bits per heavy atom. The van der Waals surface area contributed by atoms with Gasteiger partial charge in [0.15, 0.2) is 0 Å². The first-order chi connectivity index (χ1) is 11.6. The lowest BCUT2D eigenvalue weighted by Gasteiger charge is -2.37. The third-order valence-electron chi connectivity index (χ3n) is 4.82. The minimum atomic E-state index is -2.04. The normalized spacial score (nSPS) is 12.6. The number of nitrogens with zero attached hydrogens (tertiary/aromatic N) is 2. The SMILES string of the molecule is [C-]#[N+]/C(C#N)=C\c1cc2ccc(C)cc2cc1O[Si](C)(C)C(C)(C)C. The highest BCUT2D eigenvalue weighted by molar-refractivity contribution is 6.74. The van der Waals surface area contributed by atoms with Crippen molar-refractivity contribution >= 4 is 25.2 Å². The second kappa shape index (κ2) is 6.74. The summed E-state index contributed by atoms with van der Waals surface area (Å²) >= 11 is 0. The number of hydrogen-bond acceptors (Lipinski definition) is 2. The molecule has 0 amide bonds. The van der Waals surface area contributed by atoms with Crippen LogP contribution in [0.2, 0.25) is 18.1 Å². The lowest BCUT2D eigenvalue weighted by molar-refractivity contribution is 0.492. The van der Waals surface area contributed by atoms with Gasteiger partial charge in [0.25, 0.3) is 14.0 Å². The number of fused-ring (bicyclic) bond motifs is 1. The summed E-state index contributed by atoms with van der Waals surface area (Å²) in [5, 5.41) is 11.4. The van der Waals surface area contributed by atoms with Crippen molar-refractivity contribution in [2.75, 3.05) is 0 Å². The van der Waals surface area contributed by atoms with Crippen LogP contribution in [-0.2, 0) is 0 Å². The summed E-state index contributed by atoms with van der Waals surface area (Å²) in [5.41, 5.74) is 2.04. The molecule has 0 bridgehead atoms. The molecule has 0 fully saturated rings. The van der Waals surface area contributed by atoms with Gasteiger partial charge in [-0.3, -0.25) is 0 Å². The molecule has 0 saturated carbocycles. The zero-order chi connectivity index (χ0) is 18.8. The predicted octanol–water partition coefficient (Wildman–Crippen LogP) is 6.32. The van der Waals surface area contributed by atoms with Gasteiger partial charge in [0.1, 0.15) is 5.75 Å². The van der Waals surface area contributed by atoms with Gasteiger partial charge in [-0.2, -0.15) is 0 Å². The fraction of sp³-hybridized carbons (Fsp3) is 0.333. The highest BCUT2D eigenvalue weighted by Gasteiger charge is 2.39. The Kier molecular flexibility index (Phi) is 5.06. The highest BCUT2D eigenvalue weighted by atomic mass is 28.4. The minimum absolute atomic E-state index is 0.0616. The Bertz CT molecular complexity index is 906. The fourth-order valence-electron chi connectivity index (χ4n) is 2.28. The van der Waals surface area contributed by atoms with Gasteiger partial charge >= 0.3 is 0 Å². The maximum atomic E-state index is 9.13. The molecule has 0 heterocycles. The van der Waals surface area contributed by atoms with Crippen LogP contribution < -0.4 is 4.43 Å². The molecule has 0 aliphatic rings. The lowest BCUT2D eigenvalue weighted by Crippen LogP contribution is -2.44. The van der Waals surface area contributed by atoms with Crippen molar-refractivity contribution in [1.82, 2.24) is 0 Å². The van der Waals surface area contributed by atoms with Gasteiger partial charge in [0.05, 0.1) is 12.6 Å². The van der Waals surface area contributed by atoms with Crippen molar-refractivity contribution in [3.63, 3.8) is 0 Å². The van der Waals surface area contributed by atoms with Crippen molar-refractivity contribution < 1.29 is 4.43 Å². The summed E-state index contributed by atoms with van der Waals surface area (Å²) in [5.74, 6) is 0.751. The Labute approximate surface area is 151 Å². The molecule has 128 valence electrons. The van der Waals surface area contributed by atoms with Crippen LogP contribution in [0.1, 0.15) is 31.9 Å². The largest absolute Gasteiger partial charge is 0.543 e. The van der Waals surface area contributed by atoms with Crippen molar-refractivity contribution in [3.05, 3.63) is 58.6 Å². The summed E-state index contributed by atoms with van der Waals surface area (Å²) in [6, 6.07) is 12.2. The molecule has 2 aromatic carbocycles. The molecule has 25 heavy (non-hydrogen) atoms. The highest BCUT2D eigenvalue weighted by Crippen LogP contribution is 2.39. The van der Waals surface area contributed by atoms with Crippen LogP contribution in [0.25, 0.3) is 21.7 Å². The van der Waals surface area contributed by atoms with Crippen molar-refractivity contribution in [2.45, 2.75) is 45.8 Å². The molecule has 0 aromatic heterocycles. The predicted molar refractivity (Wildman–Crippen MR) is 107 cm³/mol. The van der Waals surface area contributed by atoms with Crippen LogP contribution in [0, 0.1) is 24.8 Å². The smallest absolute Gasteiger partial charge is 0.262 e. The number of nitriles is 1. The van der Waals surface area contributed by atoms with Gasteiger partial charge in [-0.1, -0.05) is 44.5 Å². The minimum Gasteiger partial charge on any atom is -0.543 e. The summed E-state index contributed by atoms with van der Waals surface area (Å²) in [7, 11) is -2.04. The van der Waals surface area contributed by atoms with Gasteiger partial charge in [0, 0.05) is 5.56 Å². The Balaban J connectivity index is 2.68. The van der Waals surface area contributed by atoms with Gasteiger partial charge in [-0.15, -0.1) is 0 Å². The second-order valence-corrected chi connectivity index (χ2v) is 12.6. The second-order valence-electron chi connectivity index (χ2n) is 7.86. The van der Waals surface area contributed by atoms with E-state index in [-0.39, 0.29) is 10.7 Å². The van der Waals surface area contributed by atoms with Crippen LogP contribution >= 0.6 is 0 Å². The molecule has 0 unspecified atom stereocenters. The zero-order valence-corrected chi connectivity index (χ0v) is 16.8. The maximum absolute atomic E-state index is 9.13. The molecule has 2 rings (SSSR count). The molecule has 0 atom stereocenters. The molecule has 0 aliphatic carbocycles. The van der Waals surface area contributed by atoms with E-state index in [1.807, 2.05) is 18.2 Å². The Morgan fingerprint density at radius 1 is 1.20 bits per heavy atom. The first-order valence-electron chi connectivity index (χ1n) is 8.30. The number of benzene rings is 2. The number of aryl methyl sites for hydroxylation is 1. The average Bonchev–Trinajstić information content (AvgIpc) is 2.51. The number of rotatable bonds is 3. The molecular formula is C21H24N2OSi. The molecule has 2 aromatic rings. The monoisotopic (exact) mass is 348 g/mol. The van der Waals surface area contributed by atoms with Gasteiger partial charge in [-0.25, -0.2) is 10.1 Å². The molecule has 0 N–H and O–H groups in total. The van der Waals surface area contributed by atoms with E-state index in [1.165, 1.54) is 5.56 Å². The van der Waals surface area contributed by atoms with Gasteiger partial charge in [0.2, 0.25) is 0 Å². The summed E-state index contributed by atoms with van der Waals surface area (Å²) in [4.78, 5) is 3.29.